The molecule has 0 unspecified atom stereocenters. The Morgan fingerprint density at radius 1 is 1.12 bits per heavy atom. The Hall–Kier alpha value is -0.643. The zero-order valence-corrected chi connectivity index (χ0v) is 12.3. The monoisotopic (exact) mass is 244 g/mol. The second-order valence-corrected chi connectivity index (χ2v) is 12.0. The van der Waals surface area contributed by atoms with E-state index in [1.165, 1.54) is 0 Å². The van der Waals surface area contributed by atoms with Crippen molar-refractivity contribution < 1.29 is 14.3 Å². The van der Waals surface area contributed by atoms with Crippen LogP contribution in [0.1, 0.15) is 33.6 Å². The second-order valence-electron chi connectivity index (χ2n) is 6.36. The van der Waals surface area contributed by atoms with Crippen molar-refractivity contribution in [2.75, 3.05) is 0 Å². The van der Waals surface area contributed by atoms with E-state index in [1.807, 2.05) is 0 Å². The first-order valence-corrected chi connectivity index (χ1v) is 9.44. The molecule has 0 bridgehead atoms. The fraction of sp³-hybridized carbons (Fsp3) is 0.833. The predicted octanol–water partition coefficient (Wildman–Crippen LogP) is 3.02. The van der Waals surface area contributed by atoms with E-state index >= 15 is 0 Å². The maximum atomic E-state index is 11.5. The average Bonchev–Trinajstić information content (AvgIpc) is 1.95. The number of ketones is 1. The molecule has 16 heavy (non-hydrogen) atoms. The molecular formula is C12H24O3Si. The van der Waals surface area contributed by atoms with Gasteiger partial charge >= 0.3 is 5.97 Å². The smallest absolute Gasteiger partial charge is 0.313 e. The molecule has 0 fully saturated rings. The van der Waals surface area contributed by atoms with Crippen LogP contribution in [0.25, 0.3) is 0 Å². The molecule has 0 aliphatic carbocycles. The highest BCUT2D eigenvalue weighted by molar-refractivity contribution is 6.76. The quantitative estimate of drug-likeness (QED) is 0.424. The van der Waals surface area contributed by atoms with Crippen molar-refractivity contribution in [1.82, 2.24) is 0 Å². The van der Waals surface area contributed by atoms with Crippen LogP contribution in [0.4, 0.5) is 0 Å². The Labute approximate surface area is 99.6 Å². The highest BCUT2D eigenvalue weighted by atomic mass is 28.3. The number of esters is 1. The first-order valence-electron chi connectivity index (χ1n) is 5.73. The van der Waals surface area contributed by atoms with Gasteiger partial charge in [-0.1, -0.05) is 25.7 Å². The highest BCUT2D eigenvalue weighted by Gasteiger charge is 2.20. The number of rotatable bonds is 5. The van der Waals surface area contributed by atoms with Crippen LogP contribution in [0.15, 0.2) is 0 Å². The molecule has 3 nitrogen and oxygen atoms in total. The first-order chi connectivity index (χ1) is 6.99. The van der Waals surface area contributed by atoms with Crippen molar-refractivity contribution in [3.05, 3.63) is 0 Å². The van der Waals surface area contributed by atoms with Crippen LogP contribution in [0.3, 0.4) is 0 Å². The van der Waals surface area contributed by atoms with E-state index in [9.17, 15) is 9.59 Å². The van der Waals surface area contributed by atoms with Crippen LogP contribution < -0.4 is 0 Å². The van der Waals surface area contributed by atoms with Gasteiger partial charge in [-0.15, -0.1) is 0 Å². The van der Waals surface area contributed by atoms with Gasteiger partial charge in [-0.3, -0.25) is 9.59 Å². The third kappa shape index (κ3) is 9.89. The van der Waals surface area contributed by atoms with Crippen LogP contribution in [0.5, 0.6) is 0 Å². The Balaban J connectivity index is 3.93. The van der Waals surface area contributed by atoms with Gasteiger partial charge in [-0.05, 0) is 20.8 Å². The molecule has 0 radical (unpaired) electrons. The third-order valence-corrected chi connectivity index (χ3v) is 3.67. The molecule has 0 saturated heterocycles. The molecule has 0 aromatic carbocycles. The second kappa shape index (κ2) is 5.62. The van der Waals surface area contributed by atoms with E-state index in [-0.39, 0.29) is 12.2 Å². The van der Waals surface area contributed by atoms with Crippen molar-refractivity contribution in [3.63, 3.8) is 0 Å². The summed E-state index contributed by atoms with van der Waals surface area (Å²) in [6, 6.07) is 0.939. The maximum absolute atomic E-state index is 11.5. The van der Waals surface area contributed by atoms with Gasteiger partial charge in [0.05, 0.1) is 0 Å². The SMILES string of the molecule is CC(C)(C)OC(=O)CC(=O)CC[Si](C)(C)C. The van der Waals surface area contributed by atoms with Gasteiger partial charge in [-0.2, -0.15) is 0 Å². The summed E-state index contributed by atoms with van der Waals surface area (Å²) >= 11 is 0. The lowest BCUT2D eigenvalue weighted by molar-refractivity contribution is -0.156. The summed E-state index contributed by atoms with van der Waals surface area (Å²) in [4.78, 5) is 22.9. The minimum atomic E-state index is -1.19. The number of hydrogen-bond donors (Lipinski definition) is 0. The fourth-order valence-electron chi connectivity index (χ4n) is 1.14. The number of carbonyl (C=O) groups is 2. The van der Waals surface area contributed by atoms with Gasteiger partial charge in [0.1, 0.15) is 17.8 Å². The lowest BCUT2D eigenvalue weighted by atomic mass is 10.2. The summed E-state index contributed by atoms with van der Waals surface area (Å²) in [6.45, 7) is 12.1. The zero-order chi connectivity index (χ0) is 13.0. The average molecular weight is 244 g/mol. The molecule has 0 aliphatic rings. The Morgan fingerprint density at radius 2 is 1.62 bits per heavy atom. The largest absolute Gasteiger partial charge is 0.460 e. The summed E-state index contributed by atoms with van der Waals surface area (Å²) in [6.07, 6.45) is 0.427. The van der Waals surface area contributed by atoms with E-state index in [0.29, 0.717) is 6.42 Å². The molecule has 94 valence electrons. The Morgan fingerprint density at radius 3 is 2.00 bits per heavy atom. The van der Waals surface area contributed by atoms with E-state index in [2.05, 4.69) is 19.6 Å². The maximum Gasteiger partial charge on any atom is 0.313 e. The van der Waals surface area contributed by atoms with Crippen LogP contribution in [-0.2, 0) is 14.3 Å². The minimum Gasteiger partial charge on any atom is -0.460 e. The summed E-state index contributed by atoms with van der Waals surface area (Å²) in [5, 5.41) is 0. The molecule has 0 rings (SSSR count). The Bertz CT molecular complexity index is 258. The van der Waals surface area contributed by atoms with E-state index in [1.54, 1.807) is 20.8 Å². The summed E-state index contributed by atoms with van der Waals surface area (Å²) in [5.41, 5.74) is -0.504. The van der Waals surface area contributed by atoms with E-state index in [4.69, 9.17) is 4.74 Å². The van der Waals surface area contributed by atoms with Crippen molar-refractivity contribution >= 4 is 19.8 Å². The minimum absolute atomic E-state index is 0.00308. The first kappa shape index (κ1) is 15.4. The summed E-state index contributed by atoms with van der Waals surface area (Å²) in [7, 11) is -1.19. The molecule has 0 aromatic heterocycles. The molecule has 0 spiro atoms. The fourth-order valence-corrected chi connectivity index (χ4v) is 2.17. The molecule has 0 atom stereocenters. The van der Waals surface area contributed by atoms with Gasteiger partial charge in [0.2, 0.25) is 0 Å². The zero-order valence-electron chi connectivity index (χ0n) is 11.3. The number of carbonyl (C=O) groups excluding carboxylic acids is 2. The van der Waals surface area contributed by atoms with Gasteiger partial charge in [0, 0.05) is 14.5 Å². The summed E-state index contributed by atoms with van der Waals surface area (Å²) in [5.74, 6) is -0.412. The number of hydrogen-bond acceptors (Lipinski definition) is 3. The van der Waals surface area contributed by atoms with Crippen LogP contribution in [0, 0.1) is 0 Å². The number of Topliss-reactive ketones (excluding diaryl/α,β-unsaturated/α-hetero) is 1. The van der Waals surface area contributed by atoms with Crippen molar-refractivity contribution in [2.45, 2.75) is 64.9 Å². The van der Waals surface area contributed by atoms with Crippen LogP contribution in [0.2, 0.25) is 25.7 Å². The summed E-state index contributed by atoms with van der Waals surface area (Å²) < 4.78 is 5.09. The molecule has 0 saturated carbocycles. The molecule has 0 aliphatic heterocycles. The lowest BCUT2D eigenvalue weighted by Crippen LogP contribution is -2.26. The standard InChI is InChI=1S/C12H24O3Si/c1-12(2,3)15-11(14)9-10(13)7-8-16(4,5)6/h7-9H2,1-6H3. The molecule has 4 heteroatoms. The van der Waals surface area contributed by atoms with Crippen molar-refractivity contribution in [3.8, 4) is 0 Å². The molecule has 0 N–H and O–H groups in total. The highest BCUT2D eigenvalue weighted by Crippen LogP contribution is 2.13. The van der Waals surface area contributed by atoms with Crippen molar-refractivity contribution in [2.24, 2.45) is 0 Å². The van der Waals surface area contributed by atoms with Gasteiger partial charge in [-0.25, -0.2) is 0 Å². The molecular weight excluding hydrogens is 220 g/mol. The molecule has 0 heterocycles. The predicted molar refractivity (Wildman–Crippen MR) is 68.2 cm³/mol. The van der Waals surface area contributed by atoms with Crippen LogP contribution in [-0.4, -0.2) is 25.4 Å². The normalized spacial score (nSPS) is 12.4. The van der Waals surface area contributed by atoms with Crippen LogP contribution >= 0.6 is 0 Å². The van der Waals surface area contributed by atoms with Crippen molar-refractivity contribution in [1.29, 1.82) is 0 Å². The lowest BCUT2D eigenvalue weighted by Gasteiger charge is -2.19. The van der Waals surface area contributed by atoms with E-state index < -0.39 is 19.6 Å². The Kier molecular flexibility index (Phi) is 5.39. The molecule has 0 amide bonds. The van der Waals surface area contributed by atoms with E-state index in [0.717, 1.165) is 6.04 Å². The molecule has 0 aromatic rings. The number of ether oxygens (including phenoxy) is 1. The van der Waals surface area contributed by atoms with Gasteiger partial charge in [0.15, 0.2) is 0 Å². The van der Waals surface area contributed by atoms with Gasteiger partial charge in [0.25, 0.3) is 0 Å². The topological polar surface area (TPSA) is 43.4 Å². The third-order valence-electron chi connectivity index (χ3n) is 1.92. The van der Waals surface area contributed by atoms with Gasteiger partial charge < -0.3 is 4.74 Å².